The van der Waals surface area contributed by atoms with Crippen molar-refractivity contribution in [2.75, 3.05) is 18.1 Å². The van der Waals surface area contributed by atoms with E-state index in [2.05, 4.69) is 10.3 Å². The van der Waals surface area contributed by atoms with Crippen LogP contribution < -0.4 is 11.1 Å². The van der Waals surface area contributed by atoms with Crippen LogP contribution in [0.2, 0.25) is 0 Å². The predicted molar refractivity (Wildman–Crippen MR) is 108 cm³/mol. The highest BCUT2D eigenvalue weighted by Gasteiger charge is 2.12. The molecule has 0 aliphatic rings. The molecule has 26 heavy (non-hydrogen) atoms. The Bertz CT molecular complexity index is 919. The number of hydrogen-bond donors (Lipinski definition) is 2. The van der Waals surface area contributed by atoms with Gasteiger partial charge in [-0.2, -0.15) is 0 Å². The summed E-state index contributed by atoms with van der Waals surface area (Å²) < 4.78 is 0. The third-order valence-electron chi connectivity index (χ3n) is 4.07. The monoisotopic (exact) mass is 343 g/mol. The van der Waals surface area contributed by atoms with Gasteiger partial charge < -0.3 is 11.1 Å². The van der Waals surface area contributed by atoms with Crippen LogP contribution in [-0.4, -0.2) is 18.7 Å². The summed E-state index contributed by atoms with van der Waals surface area (Å²) in [4.78, 5) is 16.7. The summed E-state index contributed by atoms with van der Waals surface area (Å²) in [6.07, 6.45) is 0.327. The zero-order chi connectivity index (χ0) is 18.4. The van der Waals surface area contributed by atoms with Crippen LogP contribution in [-0.2, 0) is 11.2 Å². The van der Waals surface area contributed by atoms with Gasteiger partial charge in [0.05, 0.1) is 12.1 Å². The van der Waals surface area contributed by atoms with E-state index in [4.69, 9.17) is 5.73 Å². The molecule has 3 N–H and O–H groups in total. The maximum absolute atomic E-state index is 12.3. The normalized spacial score (nSPS) is 11.2. The molecule has 0 radical (unpaired) electrons. The Balaban J connectivity index is 1.82. The summed E-state index contributed by atoms with van der Waals surface area (Å²) >= 11 is 0. The number of amides is 1. The Labute approximate surface area is 153 Å². The topological polar surface area (TPSA) is 67.5 Å². The van der Waals surface area contributed by atoms with E-state index in [1.807, 2.05) is 66.7 Å². The smallest absolute Gasteiger partial charge is 0.228 e. The fraction of sp³-hybridized carbons (Fsp3) is 0.0909. The predicted octanol–water partition coefficient (Wildman–Crippen LogP) is 3.92. The zero-order valence-corrected chi connectivity index (χ0v) is 14.6. The average Bonchev–Trinajstić information content (AvgIpc) is 2.66. The summed E-state index contributed by atoms with van der Waals surface area (Å²) in [5.74, 6) is -0.0679. The molecular weight excluding hydrogens is 322 g/mol. The van der Waals surface area contributed by atoms with Crippen LogP contribution in [0.4, 0.5) is 11.4 Å². The number of nitrogen functional groups attached to an aromatic ring is 1. The molecule has 0 spiro atoms. The quantitative estimate of drug-likeness (QED) is 0.545. The molecule has 3 rings (SSSR count). The van der Waals surface area contributed by atoms with Gasteiger partial charge in [0.25, 0.3) is 0 Å². The van der Waals surface area contributed by atoms with Crippen LogP contribution in [0, 0.1) is 0 Å². The number of benzene rings is 3. The van der Waals surface area contributed by atoms with E-state index < -0.39 is 0 Å². The number of carbonyl (C=O) groups excluding carboxylic acids is 1. The molecule has 0 unspecified atom stereocenters. The van der Waals surface area contributed by atoms with Gasteiger partial charge in [-0.3, -0.25) is 9.79 Å². The molecular formula is C22H21N3O. The van der Waals surface area contributed by atoms with E-state index in [9.17, 15) is 4.79 Å². The van der Waals surface area contributed by atoms with E-state index in [1.165, 1.54) is 0 Å². The lowest BCUT2D eigenvalue weighted by Crippen LogP contribution is -2.15. The molecule has 3 aromatic carbocycles. The van der Waals surface area contributed by atoms with Gasteiger partial charge in [0, 0.05) is 29.5 Å². The number of nitrogens with two attached hydrogens (primary N) is 1. The van der Waals surface area contributed by atoms with Gasteiger partial charge in [0.2, 0.25) is 5.91 Å². The first-order chi connectivity index (χ1) is 12.7. The van der Waals surface area contributed by atoms with Crippen molar-refractivity contribution in [2.24, 2.45) is 4.99 Å². The molecule has 4 nitrogen and oxygen atoms in total. The van der Waals surface area contributed by atoms with Gasteiger partial charge in [-0.05, 0) is 23.8 Å². The molecule has 4 heteroatoms. The summed E-state index contributed by atoms with van der Waals surface area (Å²) in [5, 5.41) is 2.94. The maximum atomic E-state index is 12.3. The van der Waals surface area contributed by atoms with E-state index >= 15 is 0 Å². The van der Waals surface area contributed by atoms with Crippen LogP contribution in [0.1, 0.15) is 16.7 Å². The van der Waals surface area contributed by atoms with Crippen LogP contribution in [0.3, 0.4) is 0 Å². The van der Waals surface area contributed by atoms with Gasteiger partial charge >= 0.3 is 0 Å². The fourth-order valence-corrected chi connectivity index (χ4v) is 2.83. The zero-order valence-electron chi connectivity index (χ0n) is 14.6. The van der Waals surface area contributed by atoms with Crippen molar-refractivity contribution in [3.63, 3.8) is 0 Å². The van der Waals surface area contributed by atoms with Crippen molar-refractivity contribution in [2.45, 2.75) is 6.42 Å². The first-order valence-electron chi connectivity index (χ1n) is 8.43. The Morgan fingerprint density at radius 1 is 0.962 bits per heavy atom. The number of hydrogen-bond acceptors (Lipinski definition) is 3. The van der Waals surface area contributed by atoms with Crippen molar-refractivity contribution >= 4 is 23.0 Å². The lowest BCUT2D eigenvalue weighted by molar-refractivity contribution is -0.115. The fourth-order valence-electron chi connectivity index (χ4n) is 2.83. The largest absolute Gasteiger partial charge is 0.398 e. The van der Waals surface area contributed by atoms with Crippen molar-refractivity contribution < 1.29 is 4.79 Å². The van der Waals surface area contributed by atoms with E-state index in [1.54, 1.807) is 19.2 Å². The Morgan fingerprint density at radius 3 is 2.27 bits per heavy atom. The Hall–Kier alpha value is -3.40. The molecule has 3 aromatic rings. The van der Waals surface area contributed by atoms with E-state index in [0.29, 0.717) is 17.8 Å². The molecule has 0 saturated carbocycles. The summed E-state index contributed by atoms with van der Waals surface area (Å²) in [7, 11) is 1.74. The van der Waals surface area contributed by atoms with Crippen LogP contribution in [0.5, 0.6) is 0 Å². The number of anilines is 2. The highest BCUT2D eigenvalue weighted by atomic mass is 16.1. The molecule has 0 fully saturated rings. The third-order valence-corrected chi connectivity index (χ3v) is 4.07. The molecule has 0 aliphatic heterocycles. The molecule has 0 atom stereocenters. The first-order valence-corrected chi connectivity index (χ1v) is 8.43. The number of nitrogens with zero attached hydrogens (tertiary/aromatic N) is 1. The Kier molecular flexibility index (Phi) is 5.44. The van der Waals surface area contributed by atoms with Crippen molar-refractivity contribution in [1.29, 1.82) is 0 Å². The number of aliphatic imine (C=N–C) groups is 1. The molecule has 0 aromatic heterocycles. The minimum absolute atomic E-state index is 0.0679. The lowest BCUT2D eigenvalue weighted by atomic mass is 10.00. The van der Waals surface area contributed by atoms with Gasteiger partial charge in [-0.15, -0.1) is 0 Å². The SMILES string of the molecule is C/N=C(/c1ccccc1)c1cc(NC(=O)Cc2ccccc2)ccc1N. The van der Waals surface area contributed by atoms with Crippen LogP contribution in [0.25, 0.3) is 0 Å². The molecule has 1 amide bonds. The van der Waals surface area contributed by atoms with Gasteiger partial charge in [-0.25, -0.2) is 0 Å². The van der Waals surface area contributed by atoms with Crippen molar-refractivity contribution in [3.8, 4) is 0 Å². The van der Waals surface area contributed by atoms with Crippen LogP contribution >= 0.6 is 0 Å². The van der Waals surface area contributed by atoms with Crippen molar-refractivity contribution in [3.05, 3.63) is 95.6 Å². The minimum Gasteiger partial charge on any atom is -0.398 e. The first kappa shape index (κ1) is 17.4. The van der Waals surface area contributed by atoms with Crippen LogP contribution in [0.15, 0.2) is 83.9 Å². The molecule has 0 aliphatic carbocycles. The van der Waals surface area contributed by atoms with Gasteiger partial charge in [-0.1, -0.05) is 60.7 Å². The second-order valence-corrected chi connectivity index (χ2v) is 5.95. The van der Waals surface area contributed by atoms with E-state index in [0.717, 1.165) is 22.4 Å². The van der Waals surface area contributed by atoms with Gasteiger partial charge in [0.1, 0.15) is 0 Å². The average molecular weight is 343 g/mol. The number of rotatable bonds is 5. The lowest BCUT2D eigenvalue weighted by Gasteiger charge is -2.12. The second kappa shape index (κ2) is 8.12. The highest BCUT2D eigenvalue weighted by Crippen LogP contribution is 2.22. The molecule has 130 valence electrons. The second-order valence-electron chi connectivity index (χ2n) is 5.95. The Morgan fingerprint density at radius 2 is 1.62 bits per heavy atom. The highest BCUT2D eigenvalue weighted by molar-refractivity contribution is 6.16. The van der Waals surface area contributed by atoms with Gasteiger partial charge in [0.15, 0.2) is 0 Å². The maximum Gasteiger partial charge on any atom is 0.228 e. The molecule has 0 saturated heterocycles. The standard InChI is InChI=1S/C22H21N3O/c1-24-22(17-10-6-3-7-11-17)19-15-18(12-13-20(19)23)25-21(26)14-16-8-4-2-5-9-16/h2-13,15H,14,23H2,1H3,(H,25,26)/b24-22-. The van der Waals surface area contributed by atoms with Crippen molar-refractivity contribution in [1.82, 2.24) is 0 Å². The summed E-state index contributed by atoms with van der Waals surface area (Å²) in [5.41, 5.74) is 11.0. The third kappa shape index (κ3) is 4.16. The molecule has 0 bridgehead atoms. The molecule has 0 heterocycles. The summed E-state index contributed by atoms with van der Waals surface area (Å²) in [6.45, 7) is 0. The summed E-state index contributed by atoms with van der Waals surface area (Å²) in [6, 6.07) is 25.0. The van der Waals surface area contributed by atoms with E-state index in [-0.39, 0.29) is 5.91 Å². The number of nitrogens with one attached hydrogen (secondary N) is 1. The minimum atomic E-state index is -0.0679. The number of carbonyl (C=O) groups is 1.